The summed E-state index contributed by atoms with van der Waals surface area (Å²) in [5, 5.41) is 12.8. The van der Waals surface area contributed by atoms with Gasteiger partial charge < -0.3 is 9.59 Å². The van der Waals surface area contributed by atoms with Crippen molar-refractivity contribution in [3.63, 3.8) is 0 Å². The first-order valence-corrected chi connectivity index (χ1v) is 5.03. The fourth-order valence-corrected chi connectivity index (χ4v) is 0.947. The number of carbonyl (C=O) groups is 1. The van der Waals surface area contributed by atoms with E-state index in [1.165, 1.54) is 0 Å². The van der Waals surface area contributed by atoms with E-state index in [1.807, 2.05) is 35.0 Å². The Morgan fingerprint density at radius 1 is 1.40 bits per heavy atom. The first-order chi connectivity index (χ1) is 6.76. The van der Waals surface area contributed by atoms with Crippen LogP contribution < -0.4 is 5.43 Å². The van der Waals surface area contributed by atoms with Crippen LogP contribution in [0.5, 0.6) is 0 Å². The quantitative estimate of drug-likeness (QED) is 0.380. The van der Waals surface area contributed by atoms with Crippen LogP contribution >= 0.6 is 0 Å². The van der Waals surface area contributed by atoms with E-state index in [1.54, 1.807) is 0 Å². The number of hydrogen-bond donors (Lipinski definition) is 2. The van der Waals surface area contributed by atoms with Crippen molar-refractivity contribution in [3.8, 4) is 0 Å². The third-order valence-corrected chi connectivity index (χ3v) is 1.77. The SMILES string of the molecule is CC(C)/C(CO)=N/NC(=O)C[N+](C)(C)C. The summed E-state index contributed by atoms with van der Waals surface area (Å²) in [6, 6.07) is 0. The maximum atomic E-state index is 11.4. The van der Waals surface area contributed by atoms with E-state index in [0.717, 1.165) is 0 Å². The molecule has 2 N–H and O–H groups in total. The van der Waals surface area contributed by atoms with Crippen LogP contribution in [-0.4, -0.2) is 55.5 Å². The number of carbonyl (C=O) groups excluding carboxylic acids is 1. The highest BCUT2D eigenvalue weighted by atomic mass is 16.3. The van der Waals surface area contributed by atoms with Gasteiger partial charge in [0, 0.05) is 0 Å². The van der Waals surface area contributed by atoms with Crippen LogP contribution in [0.2, 0.25) is 0 Å². The lowest BCUT2D eigenvalue weighted by Gasteiger charge is -2.22. The molecule has 0 radical (unpaired) electrons. The third-order valence-electron chi connectivity index (χ3n) is 1.77. The van der Waals surface area contributed by atoms with Crippen LogP contribution in [-0.2, 0) is 4.79 Å². The maximum Gasteiger partial charge on any atom is 0.295 e. The summed E-state index contributed by atoms with van der Waals surface area (Å²) in [4.78, 5) is 11.4. The van der Waals surface area contributed by atoms with Crippen LogP contribution in [0.25, 0.3) is 0 Å². The minimum atomic E-state index is -0.144. The molecule has 88 valence electrons. The zero-order chi connectivity index (χ0) is 12.1. The fraction of sp³-hybridized carbons (Fsp3) is 0.800. The van der Waals surface area contributed by atoms with E-state index in [-0.39, 0.29) is 18.4 Å². The molecule has 0 fully saturated rings. The minimum Gasteiger partial charge on any atom is -0.390 e. The normalized spacial score (nSPS) is 13.1. The molecule has 0 saturated carbocycles. The van der Waals surface area contributed by atoms with Gasteiger partial charge >= 0.3 is 0 Å². The van der Waals surface area contributed by atoms with Crippen molar-refractivity contribution in [1.82, 2.24) is 5.43 Å². The lowest BCUT2D eigenvalue weighted by molar-refractivity contribution is -0.862. The third kappa shape index (κ3) is 7.04. The zero-order valence-corrected chi connectivity index (χ0v) is 10.2. The second-order valence-electron chi connectivity index (χ2n) is 4.90. The Labute approximate surface area is 91.4 Å². The largest absolute Gasteiger partial charge is 0.390 e. The number of aliphatic hydroxyl groups is 1. The van der Waals surface area contributed by atoms with Gasteiger partial charge in [-0.2, -0.15) is 5.10 Å². The van der Waals surface area contributed by atoms with Crippen LogP contribution in [0.1, 0.15) is 13.8 Å². The molecule has 0 heterocycles. The van der Waals surface area contributed by atoms with Crippen molar-refractivity contribution < 1.29 is 14.4 Å². The molecule has 15 heavy (non-hydrogen) atoms. The molecule has 0 bridgehead atoms. The Morgan fingerprint density at radius 3 is 2.27 bits per heavy atom. The van der Waals surface area contributed by atoms with Gasteiger partial charge in [0.2, 0.25) is 0 Å². The van der Waals surface area contributed by atoms with Crippen molar-refractivity contribution in [3.05, 3.63) is 0 Å². The van der Waals surface area contributed by atoms with Gasteiger partial charge in [0.05, 0.1) is 33.5 Å². The molecule has 0 saturated heterocycles. The fourth-order valence-electron chi connectivity index (χ4n) is 0.947. The second-order valence-corrected chi connectivity index (χ2v) is 4.90. The number of nitrogens with zero attached hydrogens (tertiary/aromatic N) is 2. The van der Waals surface area contributed by atoms with Gasteiger partial charge in [0.1, 0.15) is 0 Å². The van der Waals surface area contributed by atoms with E-state index in [4.69, 9.17) is 5.11 Å². The predicted octanol–water partition coefficient (Wildman–Crippen LogP) is -0.187. The molecule has 0 rings (SSSR count). The van der Waals surface area contributed by atoms with Gasteiger partial charge in [-0.05, 0) is 5.92 Å². The molecule has 0 atom stereocenters. The van der Waals surface area contributed by atoms with Gasteiger partial charge in [-0.15, -0.1) is 0 Å². The van der Waals surface area contributed by atoms with Gasteiger partial charge in [-0.25, -0.2) is 5.43 Å². The summed E-state index contributed by atoms with van der Waals surface area (Å²) in [5.74, 6) is -0.00599. The van der Waals surface area contributed by atoms with E-state index in [9.17, 15) is 4.79 Å². The summed E-state index contributed by atoms with van der Waals surface area (Å²) in [5.41, 5.74) is 3.03. The monoisotopic (exact) mass is 216 g/mol. The lowest BCUT2D eigenvalue weighted by atomic mass is 10.1. The Balaban J connectivity index is 4.19. The smallest absolute Gasteiger partial charge is 0.295 e. The van der Waals surface area contributed by atoms with Gasteiger partial charge in [-0.3, -0.25) is 4.79 Å². The number of hydrogen-bond acceptors (Lipinski definition) is 3. The number of aliphatic hydroxyl groups excluding tert-OH is 1. The number of likely N-dealkylation sites (N-methyl/N-ethyl adjacent to an activating group) is 1. The van der Waals surface area contributed by atoms with Crippen LogP contribution in [0.4, 0.5) is 0 Å². The Kier molecular flexibility index (Phi) is 5.46. The number of amides is 1. The molecule has 1 amide bonds. The Hall–Kier alpha value is -0.940. The Bertz CT molecular complexity index is 242. The average Bonchev–Trinajstić information content (AvgIpc) is 2.01. The van der Waals surface area contributed by atoms with Crippen LogP contribution in [0.3, 0.4) is 0 Å². The molecule has 0 aliphatic carbocycles. The minimum absolute atomic E-state index is 0.123. The zero-order valence-electron chi connectivity index (χ0n) is 10.2. The maximum absolute atomic E-state index is 11.4. The van der Waals surface area contributed by atoms with Crippen molar-refractivity contribution in [1.29, 1.82) is 0 Å². The molecule has 0 aliphatic rings. The Morgan fingerprint density at radius 2 is 1.93 bits per heavy atom. The summed E-state index contributed by atoms with van der Waals surface area (Å²) in [6.07, 6.45) is 0. The molecule has 0 aromatic rings. The number of nitrogens with one attached hydrogen (secondary N) is 1. The summed E-state index contributed by atoms with van der Waals surface area (Å²) in [6.45, 7) is 4.07. The van der Waals surface area contributed by atoms with E-state index >= 15 is 0 Å². The topological polar surface area (TPSA) is 61.7 Å². The highest BCUT2D eigenvalue weighted by Gasteiger charge is 2.14. The standard InChI is InChI=1S/C10H21N3O2/c1-8(2)9(7-14)11-12-10(15)6-13(3,4)5/h8,14H,6-7H2,1-5H3/p+1/b11-9+. The lowest BCUT2D eigenvalue weighted by Crippen LogP contribution is -2.43. The van der Waals surface area contributed by atoms with E-state index in [0.29, 0.717) is 16.7 Å². The highest BCUT2D eigenvalue weighted by Crippen LogP contribution is 1.95. The van der Waals surface area contributed by atoms with Crippen LogP contribution in [0.15, 0.2) is 5.10 Å². The summed E-state index contributed by atoms with van der Waals surface area (Å²) in [7, 11) is 5.79. The number of quaternary nitrogens is 1. The highest BCUT2D eigenvalue weighted by molar-refractivity contribution is 5.88. The average molecular weight is 216 g/mol. The van der Waals surface area contributed by atoms with Gasteiger partial charge in [0.25, 0.3) is 5.91 Å². The second kappa shape index (κ2) is 5.82. The molecule has 5 nitrogen and oxygen atoms in total. The predicted molar refractivity (Wildman–Crippen MR) is 60.4 cm³/mol. The number of rotatable bonds is 5. The van der Waals surface area contributed by atoms with Crippen LogP contribution in [0, 0.1) is 5.92 Å². The van der Waals surface area contributed by atoms with Gasteiger partial charge in [0.15, 0.2) is 6.54 Å². The number of hydrazone groups is 1. The first kappa shape index (κ1) is 14.1. The van der Waals surface area contributed by atoms with Crippen molar-refractivity contribution in [2.75, 3.05) is 34.3 Å². The molecular formula is C10H22N3O2+. The summed E-state index contributed by atoms with van der Waals surface area (Å²) < 4.78 is 0.553. The summed E-state index contributed by atoms with van der Waals surface area (Å²) >= 11 is 0. The molecule has 0 spiro atoms. The van der Waals surface area contributed by atoms with Crippen molar-refractivity contribution in [2.45, 2.75) is 13.8 Å². The molecule has 5 heteroatoms. The van der Waals surface area contributed by atoms with E-state index < -0.39 is 0 Å². The van der Waals surface area contributed by atoms with E-state index in [2.05, 4.69) is 10.5 Å². The molecular weight excluding hydrogens is 194 g/mol. The molecule has 0 unspecified atom stereocenters. The van der Waals surface area contributed by atoms with Crippen molar-refractivity contribution in [2.24, 2.45) is 11.0 Å². The van der Waals surface area contributed by atoms with Gasteiger partial charge in [-0.1, -0.05) is 13.8 Å². The molecule has 0 aromatic carbocycles. The van der Waals surface area contributed by atoms with Crippen molar-refractivity contribution >= 4 is 11.6 Å². The molecule has 0 aromatic heterocycles. The molecule has 0 aliphatic heterocycles. The first-order valence-electron chi connectivity index (χ1n) is 5.03.